The molecule has 32 heavy (non-hydrogen) atoms. The molecule has 2 fully saturated rings. The highest BCUT2D eigenvalue weighted by Gasteiger charge is 2.21. The van der Waals surface area contributed by atoms with Crippen molar-refractivity contribution in [2.45, 2.75) is 32.1 Å². The van der Waals surface area contributed by atoms with Gasteiger partial charge in [-0.25, -0.2) is 4.98 Å². The Bertz CT molecular complexity index is 1110. The topological polar surface area (TPSA) is 61.0 Å². The van der Waals surface area contributed by atoms with Crippen LogP contribution in [0.1, 0.15) is 32.1 Å². The summed E-state index contributed by atoms with van der Waals surface area (Å²) < 4.78 is 1.19. The van der Waals surface area contributed by atoms with E-state index in [4.69, 9.17) is 4.98 Å². The van der Waals surface area contributed by atoms with Crippen molar-refractivity contribution < 1.29 is 4.79 Å². The van der Waals surface area contributed by atoms with Crippen LogP contribution in [-0.4, -0.2) is 41.9 Å². The zero-order chi connectivity index (χ0) is 21.9. The van der Waals surface area contributed by atoms with Gasteiger partial charge >= 0.3 is 0 Å². The Balaban J connectivity index is 1.32. The highest BCUT2D eigenvalue weighted by molar-refractivity contribution is 14.1. The zero-order valence-corrected chi connectivity index (χ0v) is 20.4. The molecule has 2 aromatic carbocycles. The van der Waals surface area contributed by atoms with Crippen molar-refractivity contribution in [3.63, 3.8) is 0 Å². The van der Waals surface area contributed by atoms with Gasteiger partial charge in [0, 0.05) is 40.4 Å². The van der Waals surface area contributed by atoms with Gasteiger partial charge in [0.05, 0.1) is 11.0 Å². The molecule has 3 aromatic rings. The van der Waals surface area contributed by atoms with Gasteiger partial charge in [-0.2, -0.15) is 0 Å². The zero-order valence-electron chi connectivity index (χ0n) is 18.2. The maximum atomic E-state index is 12.7. The molecule has 0 aliphatic carbocycles. The predicted octanol–water partition coefficient (Wildman–Crippen LogP) is 5.32. The monoisotopic (exact) mass is 540 g/mol. The maximum Gasteiger partial charge on any atom is 0.159 e. The number of para-hydroxylation sites is 2. The van der Waals surface area contributed by atoms with Crippen LogP contribution < -0.4 is 10.2 Å². The fraction of sp³-hybridized carbons (Fsp3) is 0.385. The van der Waals surface area contributed by atoms with Gasteiger partial charge in [0.15, 0.2) is 5.78 Å². The number of hydrogen-bond donors (Lipinski definition) is 2. The first-order valence-electron chi connectivity index (χ1n) is 11.6. The van der Waals surface area contributed by atoms with Crippen LogP contribution in [0.25, 0.3) is 22.4 Å². The van der Waals surface area contributed by atoms with E-state index < -0.39 is 0 Å². The number of H-pyrrole nitrogens is 1. The summed E-state index contributed by atoms with van der Waals surface area (Å²) in [4.78, 5) is 23.4. The van der Waals surface area contributed by atoms with Crippen molar-refractivity contribution in [3.05, 3.63) is 57.7 Å². The van der Waals surface area contributed by atoms with Gasteiger partial charge in [-0.05, 0) is 97.6 Å². The molecule has 6 heteroatoms. The highest BCUT2D eigenvalue weighted by atomic mass is 127. The number of aromatic nitrogens is 2. The molecule has 1 aromatic heterocycles. The van der Waals surface area contributed by atoms with Crippen LogP contribution in [0.4, 0.5) is 5.69 Å². The SMILES string of the molecule is O=C(/C=C1\CCCN(c2ccc(I)c(-c3nc4ccccc4[nH]3)c2)CC1)[C@H]1CCCNC1. The molecule has 2 saturated heterocycles. The first-order valence-corrected chi connectivity index (χ1v) is 12.7. The number of piperidine rings is 1. The van der Waals surface area contributed by atoms with Crippen molar-refractivity contribution in [3.8, 4) is 11.4 Å². The third kappa shape index (κ3) is 4.76. The normalized spacial score (nSPS) is 21.1. The van der Waals surface area contributed by atoms with Gasteiger partial charge in [-0.15, -0.1) is 0 Å². The molecule has 3 heterocycles. The van der Waals surface area contributed by atoms with Gasteiger partial charge in [0.1, 0.15) is 5.82 Å². The summed E-state index contributed by atoms with van der Waals surface area (Å²) in [5.74, 6) is 1.40. The number of nitrogens with one attached hydrogen (secondary N) is 2. The Morgan fingerprint density at radius 1 is 1.12 bits per heavy atom. The van der Waals surface area contributed by atoms with E-state index in [-0.39, 0.29) is 5.92 Å². The number of hydrogen-bond acceptors (Lipinski definition) is 4. The third-order valence-electron chi connectivity index (χ3n) is 6.63. The second-order valence-electron chi connectivity index (χ2n) is 8.86. The molecular weight excluding hydrogens is 511 g/mol. The Hall–Kier alpha value is -2.19. The molecule has 0 radical (unpaired) electrons. The smallest absolute Gasteiger partial charge is 0.159 e. The molecule has 1 atom stereocenters. The number of fused-ring (bicyclic) bond motifs is 1. The molecule has 2 aliphatic rings. The minimum atomic E-state index is 0.165. The number of anilines is 1. The van der Waals surface area contributed by atoms with E-state index >= 15 is 0 Å². The van der Waals surface area contributed by atoms with Crippen LogP contribution in [0, 0.1) is 9.49 Å². The van der Waals surface area contributed by atoms with Crippen molar-refractivity contribution in [1.82, 2.24) is 15.3 Å². The van der Waals surface area contributed by atoms with Crippen LogP contribution >= 0.6 is 22.6 Å². The van der Waals surface area contributed by atoms with E-state index in [1.807, 2.05) is 24.3 Å². The lowest BCUT2D eigenvalue weighted by Gasteiger charge is -2.23. The molecule has 0 unspecified atom stereocenters. The molecule has 0 spiro atoms. The molecular formula is C26H29IN4O. The second-order valence-corrected chi connectivity index (χ2v) is 10.0. The lowest BCUT2D eigenvalue weighted by atomic mass is 9.93. The number of aromatic amines is 1. The third-order valence-corrected chi connectivity index (χ3v) is 7.57. The lowest BCUT2D eigenvalue weighted by molar-refractivity contribution is -0.118. The number of allylic oxidation sites excluding steroid dienone is 1. The number of carbonyl (C=O) groups is 1. The minimum Gasteiger partial charge on any atom is -0.371 e. The summed E-state index contributed by atoms with van der Waals surface area (Å²) in [6, 6.07) is 14.8. The van der Waals surface area contributed by atoms with Crippen LogP contribution in [0.3, 0.4) is 0 Å². The summed E-state index contributed by atoms with van der Waals surface area (Å²) in [5, 5.41) is 3.36. The van der Waals surface area contributed by atoms with Gasteiger partial charge in [0.25, 0.3) is 0 Å². The van der Waals surface area contributed by atoms with E-state index in [1.165, 1.54) is 14.8 Å². The highest BCUT2D eigenvalue weighted by Crippen LogP contribution is 2.31. The Morgan fingerprint density at radius 2 is 2.03 bits per heavy atom. The number of imidazole rings is 1. The van der Waals surface area contributed by atoms with E-state index in [0.717, 1.165) is 80.7 Å². The molecule has 2 aliphatic heterocycles. The van der Waals surface area contributed by atoms with Crippen molar-refractivity contribution >= 4 is 45.1 Å². The van der Waals surface area contributed by atoms with Crippen LogP contribution in [0.15, 0.2) is 54.1 Å². The fourth-order valence-electron chi connectivity index (χ4n) is 4.80. The molecule has 166 valence electrons. The summed E-state index contributed by atoms with van der Waals surface area (Å²) in [6.45, 7) is 3.84. The standard InChI is InChI=1S/C26H29IN4O/c27-22-10-9-20(16-21(22)26-29-23-7-1-2-8-24(23)30-26)31-13-4-5-18(11-14-31)15-25(32)19-6-3-12-28-17-19/h1-2,7-10,15-16,19,28H,3-6,11-14,17H2,(H,29,30)/b18-15+/t19-/m0/s1. The number of halogens is 1. The second kappa shape index (κ2) is 9.75. The van der Waals surface area contributed by atoms with E-state index in [0.29, 0.717) is 5.78 Å². The predicted molar refractivity (Wildman–Crippen MR) is 139 cm³/mol. The molecule has 2 N–H and O–H groups in total. The average Bonchev–Trinajstić information content (AvgIpc) is 3.12. The van der Waals surface area contributed by atoms with Gasteiger partial charge in [0.2, 0.25) is 0 Å². The molecule has 0 bridgehead atoms. The largest absolute Gasteiger partial charge is 0.371 e. The van der Waals surface area contributed by atoms with Crippen molar-refractivity contribution in [2.75, 3.05) is 31.1 Å². The Kier molecular flexibility index (Phi) is 6.59. The number of nitrogens with zero attached hydrogens (tertiary/aromatic N) is 2. The van der Waals surface area contributed by atoms with Gasteiger partial charge in [-0.1, -0.05) is 17.7 Å². The van der Waals surface area contributed by atoms with Crippen molar-refractivity contribution in [1.29, 1.82) is 0 Å². The summed E-state index contributed by atoms with van der Waals surface area (Å²) in [5.41, 5.74) is 5.73. The summed E-state index contributed by atoms with van der Waals surface area (Å²) >= 11 is 2.39. The molecule has 5 rings (SSSR count). The summed E-state index contributed by atoms with van der Waals surface area (Å²) in [6.07, 6.45) is 7.15. The summed E-state index contributed by atoms with van der Waals surface area (Å²) in [7, 11) is 0. The Labute approximate surface area is 202 Å². The van der Waals surface area contributed by atoms with E-state index in [2.05, 4.69) is 62.1 Å². The molecule has 5 nitrogen and oxygen atoms in total. The van der Waals surface area contributed by atoms with Crippen LogP contribution in [0.2, 0.25) is 0 Å². The first kappa shape index (κ1) is 21.6. The van der Waals surface area contributed by atoms with E-state index in [1.54, 1.807) is 0 Å². The minimum absolute atomic E-state index is 0.165. The number of benzene rings is 2. The first-order chi connectivity index (χ1) is 15.7. The Morgan fingerprint density at radius 3 is 2.88 bits per heavy atom. The van der Waals surface area contributed by atoms with Crippen molar-refractivity contribution in [2.24, 2.45) is 5.92 Å². The van der Waals surface area contributed by atoms with Crippen LogP contribution in [-0.2, 0) is 4.79 Å². The quantitative estimate of drug-likeness (QED) is 0.348. The molecule has 0 amide bonds. The maximum absolute atomic E-state index is 12.7. The van der Waals surface area contributed by atoms with Gasteiger partial charge in [-0.3, -0.25) is 4.79 Å². The number of ketones is 1. The fourth-order valence-corrected chi connectivity index (χ4v) is 5.39. The molecule has 0 saturated carbocycles. The van der Waals surface area contributed by atoms with E-state index in [9.17, 15) is 4.79 Å². The lowest BCUT2D eigenvalue weighted by Crippen LogP contribution is -2.33. The van der Waals surface area contributed by atoms with Crippen LogP contribution in [0.5, 0.6) is 0 Å². The number of carbonyl (C=O) groups excluding carboxylic acids is 1. The van der Waals surface area contributed by atoms with Gasteiger partial charge < -0.3 is 15.2 Å². The number of rotatable bonds is 4. The average molecular weight is 540 g/mol.